The van der Waals surface area contributed by atoms with Crippen LogP contribution in [0.2, 0.25) is 0 Å². The number of nitrogens with zero attached hydrogens (tertiary/aromatic N) is 2. The van der Waals surface area contributed by atoms with Crippen LogP contribution in [0.5, 0.6) is 5.75 Å². The van der Waals surface area contributed by atoms with Crippen molar-refractivity contribution in [2.75, 3.05) is 7.11 Å². The summed E-state index contributed by atoms with van der Waals surface area (Å²) in [6.07, 6.45) is 2.98. The topological polar surface area (TPSA) is 61.2 Å². The first-order valence-corrected chi connectivity index (χ1v) is 5.80. The number of hydrogen-bond acceptors (Lipinski definition) is 4. The highest BCUT2D eigenvalue weighted by molar-refractivity contribution is 6.13. The van der Waals surface area contributed by atoms with Crippen LogP contribution in [0, 0.1) is 0 Å². The molecule has 98 valence electrons. The lowest BCUT2D eigenvalue weighted by molar-refractivity contribution is 0.0885. The second kappa shape index (κ2) is 5.48. The minimum absolute atomic E-state index is 0.217. The van der Waals surface area contributed by atoms with Gasteiger partial charge in [0, 0.05) is 19.4 Å². The predicted molar refractivity (Wildman–Crippen MR) is 69.5 cm³/mol. The van der Waals surface area contributed by atoms with Gasteiger partial charge >= 0.3 is 0 Å². The number of carbonyl (C=O) groups is 2. The zero-order valence-corrected chi connectivity index (χ0v) is 10.8. The summed E-state index contributed by atoms with van der Waals surface area (Å²) in [6, 6.07) is 6.85. The maximum atomic E-state index is 12.1. The van der Waals surface area contributed by atoms with Crippen molar-refractivity contribution in [2.45, 2.75) is 6.42 Å². The highest BCUT2D eigenvalue weighted by Gasteiger charge is 2.19. The van der Waals surface area contributed by atoms with Crippen LogP contribution in [0.1, 0.15) is 27.4 Å². The fraction of sp³-hybridized carbons (Fsp3) is 0.214. The number of aromatic nitrogens is 2. The van der Waals surface area contributed by atoms with E-state index in [2.05, 4.69) is 4.98 Å². The average Bonchev–Trinajstić information content (AvgIpc) is 2.85. The Kier molecular flexibility index (Phi) is 3.75. The van der Waals surface area contributed by atoms with E-state index in [4.69, 9.17) is 4.74 Å². The van der Waals surface area contributed by atoms with Crippen molar-refractivity contribution in [3.8, 4) is 5.75 Å². The minimum atomic E-state index is -0.302. The molecule has 2 aromatic rings. The zero-order chi connectivity index (χ0) is 13.8. The van der Waals surface area contributed by atoms with Gasteiger partial charge in [0.2, 0.25) is 5.78 Å². The monoisotopic (exact) mass is 258 g/mol. The number of ketones is 2. The van der Waals surface area contributed by atoms with Gasteiger partial charge in [-0.2, -0.15) is 0 Å². The number of ether oxygens (including phenoxy) is 1. The lowest BCUT2D eigenvalue weighted by Crippen LogP contribution is -2.13. The standard InChI is InChI=1S/C14H14N2O3/c1-16-8-7-15-14(16)12(18)9-11(17)10-5-3-4-6-13(10)19-2/h3-8H,9H2,1-2H3. The molecule has 5 nitrogen and oxygen atoms in total. The molecule has 0 aliphatic carbocycles. The van der Waals surface area contributed by atoms with Gasteiger partial charge in [0.15, 0.2) is 11.6 Å². The van der Waals surface area contributed by atoms with Crippen LogP contribution in [-0.2, 0) is 7.05 Å². The highest BCUT2D eigenvalue weighted by atomic mass is 16.5. The van der Waals surface area contributed by atoms with Crippen LogP contribution in [0.3, 0.4) is 0 Å². The molecule has 0 atom stereocenters. The first-order valence-electron chi connectivity index (χ1n) is 5.80. The maximum absolute atomic E-state index is 12.1. The van der Waals surface area contributed by atoms with Crippen molar-refractivity contribution < 1.29 is 14.3 Å². The molecule has 19 heavy (non-hydrogen) atoms. The lowest BCUT2D eigenvalue weighted by Gasteiger charge is -2.06. The molecule has 5 heteroatoms. The number of carbonyl (C=O) groups excluding carboxylic acids is 2. The van der Waals surface area contributed by atoms with Gasteiger partial charge in [-0.05, 0) is 12.1 Å². The van der Waals surface area contributed by atoms with Gasteiger partial charge in [-0.3, -0.25) is 9.59 Å². The summed E-state index contributed by atoms with van der Waals surface area (Å²) in [7, 11) is 3.21. The van der Waals surface area contributed by atoms with Gasteiger partial charge in [0.1, 0.15) is 5.75 Å². The van der Waals surface area contributed by atoms with Gasteiger partial charge in [0.25, 0.3) is 0 Å². The molecule has 0 aliphatic rings. The van der Waals surface area contributed by atoms with Gasteiger partial charge in [0.05, 0.1) is 19.1 Å². The van der Waals surface area contributed by atoms with Crippen molar-refractivity contribution in [1.82, 2.24) is 9.55 Å². The second-order valence-electron chi connectivity index (χ2n) is 4.09. The third-order valence-electron chi connectivity index (χ3n) is 2.80. The molecule has 2 rings (SSSR count). The molecular weight excluding hydrogens is 244 g/mol. The Morgan fingerprint density at radius 1 is 1.26 bits per heavy atom. The van der Waals surface area contributed by atoms with Crippen LogP contribution >= 0.6 is 0 Å². The molecular formula is C14H14N2O3. The van der Waals surface area contributed by atoms with E-state index < -0.39 is 0 Å². The Bertz CT molecular complexity index is 617. The van der Waals surface area contributed by atoms with Crippen LogP contribution in [0.25, 0.3) is 0 Å². The SMILES string of the molecule is COc1ccccc1C(=O)CC(=O)c1nccn1C. The molecule has 1 aromatic heterocycles. The largest absolute Gasteiger partial charge is 0.496 e. The van der Waals surface area contributed by atoms with E-state index in [0.29, 0.717) is 11.3 Å². The third kappa shape index (κ3) is 2.70. The second-order valence-corrected chi connectivity index (χ2v) is 4.09. The summed E-state index contributed by atoms with van der Waals surface area (Å²) in [4.78, 5) is 28.0. The average molecular weight is 258 g/mol. The van der Waals surface area contributed by atoms with Crippen molar-refractivity contribution in [2.24, 2.45) is 7.05 Å². The quantitative estimate of drug-likeness (QED) is 0.607. The minimum Gasteiger partial charge on any atom is -0.496 e. The third-order valence-corrected chi connectivity index (χ3v) is 2.80. The van der Waals surface area contributed by atoms with E-state index in [9.17, 15) is 9.59 Å². The molecule has 0 N–H and O–H groups in total. The molecule has 0 bridgehead atoms. The molecule has 0 fully saturated rings. The van der Waals surface area contributed by atoms with Gasteiger partial charge in [-0.25, -0.2) is 4.98 Å². The maximum Gasteiger partial charge on any atom is 0.205 e. The number of hydrogen-bond donors (Lipinski definition) is 0. The molecule has 1 heterocycles. The molecule has 0 spiro atoms. The van der Waals surface area contributed by atoms with E-state index in [1.54, 1.807) is 42.1 Å². The van der Waals surface area contributed by atoms with Crippen molar-refractivity contribution in [3.05, 3.63) is 48.0 Å². The van der Waals surface area contributed by atoms with E-state index in [-0.39, 0.29) is 23.8 Å². The fourth-order valence-electron chi connectivity index (χ4n) is 1.83. The lowest BCUT2D eigenvalue weighted by atomic mass is 10.0. The molecule has 0 radical (unpaired) electrons. The zero-order valence-electron chi connectivity index (χ0n) is 10.8. The highest BCUT2D eigenvalue weighted by Crippen LogP contribution is 2.19. The van der Waals surface area contributed by atoms with E-state index in [1.165, 1.54) is 13.3 Å². The van der Waals surface area contributed by atoms with Gasteiger partial charge in [-0.1, -0.05) is 12.1 Å². The normalized spacial score (nSPS) is 10.2. The summed E-state index contributed by atoms with van der Waals surface area (Å²) in [6.45, 7) is 0. The van der Waals surface area contributed by atoms with E-state index in [0.717, 1.165) is 0 Å². The Morgan fingerprint density at radius 3 is 2.63 bits per heavy atom. The van der Waals surface area contributed by atoms with E-state index >= 15 is 0 Å². The van der Waals surface area contributed by atoms with Crippen LogP contribution in [-0.4, -0.2) is 28.2 Å². The Balaban J connectivity index is 2.18. The number of benzene rings is 1. The summed E-state index contributed by atoms with van der Waals surface area (Å²) in [5, 5.41) is 0. The number of methoxy groups -OCH3 is 1. The Labute approximate surface area is 110 Å². The summed E-state index contributed by atoms with van der Waals surface area (Å²) < 4.78 is 6.70. The number of para-hydroxylation sites is 1. The molecule has 0 saturated heterocycles. The fourth-order valence-corrected chi connectivity index (χ4v) is 1.83. The number of Topliss-reactive ketones (excluding diaryl/α,β-unsaturated/α-hetero) is 2. The van der Waals surface area contributed by atoms with Crippen LogP contribution in [0.4, 0.5) is 0 Å². The Morgan fingerprint density at radius 2 is 2.00 bits per heavy atom. The van der Waals surface area contributed by atoms with Crippen LogP contribution < -0.4 is 4.74 Å². The Hall–Kier alpha value is -2.43. The molecule has 0 unspecified atom stereocenters. The summed E-state index contributed by atoms with van der Waals surface area (Å²) in [5.74, 6) is 0.178. The van der Waals surface area contributed by atoms with Crippen molar-refractivity contribution >= 4 is 11.6 Å². The number of imidazole rings is 1. The number of aryl methyl sites for hydroxylation is 1. The molecule has 1 aromatic carbocycles. The van der Waals surface area contributed by atoms with Gasteiger partial charge < -0.3 is 9.30 Å². The predicted octanol–water partition coefficient (Wildman–Crippen LogP) is 1.88. The van der Waals surface area contributed by atoms with Crippen LogP contribution in [0.15, 0.2) is 36.7 Å². The van der Waals surface area contributed by atoms with E-state index in [1.807, 2.05) is 0 Å². The smallest absolute Gasteiger partial charge is 0.205 e. The molecule has 0 saturated carbocycles. The summed E-state index contributed by atoms with van der Waals surface area (Å²) in [5.41, 5.74) is 0.410. The van der Waals surface area contributed by atoms with Gasteiger partial charge in [-0.15, -0.1) is 0 Å². The van der Waals surface area contributed by atoms with Crippen molar-refractivity contribution in [3.63, 3.8) is 0 Å². The summed E-state index contributed by atoms with van der Waals surface area (Å²) >= 11 is 0. The first-order chi connectivity index (χ1) is 9.13. The molecule has 0 aliphatic heterocycles. The molecule has 0 amide bonds. The number of rotatable bonds is 5. The first kappa shape index (κ1) is 13.0. The van der Waals surface area contributed by atoms with Crippen molar-refractivity contribution in [1.29, 1.82) is 0 Å².